The Morgan fingerprint density at radius 2 is 0.806 bits per heavy atom. The van der Waals surface area contributed by atoms with E-state index in [4.69, 9.17) is 8.85 Å². The summed E-state index contributed by atoms with van der Waals surface area (Å²) in [6.07, 6.45) is 4.91. The Kier molecular flexibility index (Phi) is 6.95. The number of hydrogen-bond acceptors (Lipinski definition) is 2. The Hall–Kier alpha value is -2.31. The topological polar surface area (TPSA) is 18.5 Å². The molecule has 0 aromatic heterocycles. The van der Waals surface area contributed by atoms with Crippen LogP contribution >= 0.6 is 0 Å². The lowest BCUT2D eigenvalue weighted by molar-refractivity contribution is 0.340. The quantitative estimate of drug-likeness (QED) is 0.279. The summed E-state index contributed by atoms with van der Waals surface area (Å²) in [5.74, 6) is 4.81. The highest BCUT2D eigenvalue weighted by atomic mass is 28.4. The van der Waals surface area contributed by atoms with E-state index in [1.165, 1.54) is 47.9 Å². The van der Waals surface area contributed by atoms with Gasteiger partial charge in [0.05, 0.1) is 0 Å². The monoisotopic (exact) mass is 514 g/mol. The molecule has 2 aliphatic carbocycles. The molecule has 0 radical (unpaired) electrons. The lowest BCUT2D eigenvalue weighted by atomic mass is 9.66. The Labute approximate surface area is 220 Å². The standard InChI is InChI=1S/C32H42O2Si2/c1-35(2,3)33-31-13-9-7-11-29(31)27-19-25(20-27)23-15-17-24(18-16-23)26-21-28(22-26)30-12-8-10-14-32(30)34-36(4,5)6/h7-18,25-28H,19-22H2,1-6H3. The van der Waals surface area contributed by atoms with E-state index in [2.05, 4.69) is 112 Å². The van der Waals surface area contributed by atoms with Crippen LogP contribution in [-0.4, -0.2) is 16.6 Å². The lowest BCUT2D eigenvalue weighted by Crippen LogP contribution is -2.31. The first kappa shape index (κ1) is 25.3. The van der Waals surface area contributed by atoms with Crippen molar-refractivity contribution in [1.29, 1.82) is 0 Å². The number of hydrogen-bond donors (Lipinski definition) is 0. The van der Waals surface area contributed by atoms with E-state index < -0.39 is 16.6 Å². The molecule has 3 aromatic rings. The molecule has 0 amide bonds. The van der Waals surface area contributed by atoms with Crippen LogP contribution in [0, 0.1) is 0 Å². The van der Waals surface area contributed by atoms with Crippen molar-refractivity contribution in [3.05, 3.63) is 95.1 Å². The molecule has 0 spiro atoms. The number of para-hydroxylation sites is 2. The fraction of sp³-hybridized carbons (Fsp3) is 0.438. The third-order valence-corrected chi connectivity index (χ3v) is 9.37. The summed E-state index contributed by atoms with van der Waals surface area (Å²) >= 11 is 0. The van der Waals surface area contributed by atoms with Gasteiger partial charge in [0.1, 0.15) is 11.5 Å². The van der Waals surface area contributed by atoms with Gasteiger partial charge in [0.2, 0.25) is 16.6 Å². The largest absolute Gasteiger partial charge is 0.544 e. The molecule has 0 heterocycles. The maximum absolute atomic E-state index is 6.40. The summed E-state index contributed by atoms with van der Waals surface area (Å²) in [5.41, 5.74) is 5.82. The van der Waals surface area contributed by atoms with Crippen LogP contribution in [0.1, 0.15) is 71.6 Å². The van der Waals surface area contributed by atoms with Crippen molar-refractivity contribution in [2.75, 3.05) is 0 Å². The van der Waals surface area contributed by atoms with E-state index in [0.717, 1.165) is 11.5 Å². The van der Waals surface area contributed by atoms with E-state index in [0.29, 0.717) is 23.7 Å². The molecule has 0 bridgehead atoms. The molecule has 0 aliphatic heterocycles. The zero-order valence-electron chi connectivity index (χ0n) is 22.9. The summed E-state index contributed by atoms with van der Waals surface area (Å²) < 4.78 is 12.8. The molecule has 0 saturated heterocycles. The molecule has 36 heavy (non-hydrogen) atoms. The second-order valence-corrected chi connectivity index (χ2v) is 21.8. The maximum Gasteiger partial charge on any atom is 0.242 e. The Bertz CT molecular complexity index is 1080. The second kappa shape index (κ2) is 9.87. The molecule has 4 heteroatoms. The van der Waals surface area contributed by atoms with Crippen LogP contribution in [0.3, 0.4) is 0 Å². The minimum Gasteiger partial charge on any atom is -0.544 e. The molecule has 3 aromatic carbocycles. The van der Waals surface area contributed by atoms with Gasteiger partial charge in [-0.2, -0.15) is 0 Å². The van der Waals surface area contributed by atoms with Crippen molar-refractivity contribution in [2.45, 2.75) is 88.6 Å². The zero-order valence-corrected chi connectivity index (χ0v) is 24.9. The highest BCUT2D eigenvalue weighted by molar-refractivity contribution is 6.70. The summed E-state index contributed by atoms with van der Waals surface area (Å²) in [5, 5.41) is 0. The van der Waals surface area contributed by atoms with Crippen molar-refractivity contribution in [3.63, 3.8) is 0 Å². The van der Waals surface area contributed by atoms with Crippen LogP contribution in [0.2, 0.25) is 39.3 Å². The van der Waals surface area contributed by atoms with Gasteiger partial charge in [0.15, 0.2) is 0 Å². The van der Waals surface area contributed by atoms with Gasteiger partial charge in [0.25, 0.3) is 0 Å². The molecule has 0 atom stereocenters. The summed E-state index contributed by atoms with van der Waals surface area (Å²) in [6, 6.07) is 27.0. The predicted octanol–water partition coefficient (Wildman–Crippen LogP) is 9.44. The molecular weight excluding hydrogens is 473 g/mol. The summed E-state index contributed by atoms with van der Waals surface area (Å²) in [4.78, 5) is 0. The Morgan fingerprint density at radius 3 is 1.14 bits per heavy atom. The van der Waals surface area contributed by atoms with Crippen LogP contribution in [0.4, 0.5) is 0 Å². The number of rotatable bonds is 8. The van der Waals surface area contributed by atoms with E-state index in [9.17, 15) is 0 Å². The first-order valence-electron chi connectivity index (χ1n) is 13.7. The van der Waals surface area contributed by atoms with Gasteiger partial charge >= 0.3 is 0 Å². The minimum absolute atomic E-state index is 0.619. The highest BCUT2D eigenvalue weighted by Gasteiger charge is 2.36. The maximum atomic E-state index is 6.40. The van der Waals surface area contributed by atoms with Gasteiger partial charge in [-0.25, -0.2) is 0 Å². The Morgan fingerprint density at radius 1 is 0.472 bits per heavy atom. The first-order chi connectivity index (χ1) is 17.1. The molecule has 5 rings (SSSR count). The zero-order chi connectivity index (χ0) is 25.5. The van der Waals surface area contributed by atoms with Crippen LogP contribution in [0.15, 0.2) is 72.8 Å². The normalized spacial score (nSPS) is 23.9. The van der Waals surface area contributed by atoms with Crippen LogP contribution in [-0.2, 0) is 0 Å². The van der Waals surface area contributed by atoms with E-state index in [1.54, 1.807) is 0 Å². The van der Waals surface area contributed by atoms with E-state index in [1.807, 2.05) is 0 Å². The molecule has 0 unspecified atom stereocenters. The van der Waals surface area contributed by atoms with E-state index in [-0.39, 0.29) is 0 Å². The van der Waals surface area contributed by atoms with Gasteiger partial charge in [-0.05, 0) is 123 Å². The van der Waals surface area contributed by atoms with Crippen LogP contribution < -0.4 is 8.85 Å². The number of benzene rings is 3. The minimum atomic E-state index is -1.61. The third-order valence-electron chi connectivity index (χ3n) is 7.71. The predicted molar refractivity (Wildman–Crippen MR) is 157 cm³/mol. The molecule has 2 nitrogen and oxygen atoms in total. The Balaban J connectivity index is 1.18. The smallest absolute Gasteiger partial charge is 0.242 e. The SMILES string of the molecule is C[Si](C)(C)Oc1ccccc1C1CC(c2ccc(C3CC(c4ccccc4O[Si](C)(C)C)C3)cc2)C1. The molecule has 2 fully saturated rings. The molecule has 190 valence electrons. The van der Waals surface area contributed by atoms with E-state index >= 15 is 0 Å². The first-order valence-corrected chi connectivity index (χ1v) is 20.5. The second-order valence-electron chi connectivity index (χ2n) is 12.9. The molecular formula is C32H42O2Si2. The van der Waals surface area contributed by atoms with Gasteiger partial charge < -0.3 is 8.85 Å². The third kappa shape index (κ3) is 5.81. The average Bonchev–Trinajstić information content (AvgIpc) is 2.73. The lowest BCUT2D eigenvalue weighted by Gasteiger charge is -2.39. The van der Waals surface area contributed by atoms with Crippen LogP contribution in [0.25, 0.3) is 0 Å². The van der Waals surface area contributed by atoms with Crippen molar-refractivity contribution in [3.8, 4) is 11.5 Å². The fourth-order valence-electron chi connectivity index (χ4n) is 5.81. The van der Waals surface area contributed by atoms with Gasteiger partial charge in [-0.3, -0.25) is 0 Å². The molecule has 2 aliphatic rings. The van der Waals surface area contributed by atoms with Gasteiger partial charge in [-0.1, -0.05) is 60.7 Å². The van der Waals surface area contributed by atoms with Crippen molar-refractivity contribution < 1.29 is 8.85 Å². The van der Waals surface area contributed by atoms with Crippen molar-refractivity contribution >= 4 is 16.6 Å². The fourth-order valence-corrected chi connectivity index (χ4v) is 7.50. The highest BCUT2D eigenvalue weighted by Crippen LogP contribution is 2.52. The van der Waals surface area contributed by atoms with Crippen LogP contribution in [0.5, 0.6) is 11.5 Å². The molecule has 2 saturated carbocycles. The van der Waals surface area contributed by atoms with Crippen molar-refractivity contribution in [1.82, 2.24) is 0 Å². The van der Waals surface area contributed by atoms with Crippen molar-refractivity contribution in [2.24, 2.45) is 0 Å². The molecule has 0 N–H and O–H groups in total. The average molecular weight is 515 g/mol. The summed E-state index contributed by atoms with van der Waals surface area (Å²) in [6.45, 7) is 13.6. The van der Waals surface area contributed by atoms with Gasteiger partial charge in [0, 0.05) is 0 Å². The van der Waals surface area contributed by atoms with Gasteiger partial charge in [-0.15, -0.1) is 0 Å². The summed E-state index contributed by atoms with van der Waals surface area (Å²) in [7, 11) is -3.21.